The van der Waals surface area contributed by atoms with Crippen LogP contribution in [0.3, 0.4) is 0 Å². The molecule has 0 radical (unpaired) electrons. The molecule has 1 aromatic carbocycles. The Morgan fingerprint density at radius 2 is 2.00 bits per heavy atom. The number of furan rings is 1. The van der Waals surface area contributed by atoms with E-state index < -0.39 is 6.08 Å². The molecule has 1 aromatic heterocycles. The predicted molar refractivity (Wildman–Crippen MR) is 46.4 cm³/mol. The topological polar surface area (TPSA) is 13.1 Å². The van der Waals surface area contributed by atoms with Crippen LogP contribution in [-0.2, 0) is 0 Å². The van der Waals surface area contributed by atoms with Crippen LogP contribution in [0, 0.1) is 0 Å². The first kappa shape index (κ1) is 7.98. The Hall–Kier alpha value is -1.64. The molecular formula is C10H6F2O. The van der Waals surface area contributed by atoms with Crippen molar-refractivity contribution in [2.75, 3.05) is 0 Å². The second kappa shape index (κ2) is 3.01. The summed E-state index contributed by atoms with van der Waals surface area (Å²) in [6.45, 7) is 0. The Morgan fingerprint density at radius 3 is 2.69 bits per heavy atom. The van der Waals surface area contributed by atoms with Gasteiger partial charge >= 0.3 is 0 Å². The first-order valence-electron chi connectivity index (χ1n) is 3.77. The van der Waals surface area contributed by atoms with Gasteiger partial charge in [-0.2, -0.15) is 8.78 Å². The summed E-state index contributed by atoms with van der Waals surface area (Å²) in [5, 5.41) is 0.829. The predicted octanol–water partition coefficient (Wildman–Crippen LogP) is 3.67. The van der Waals surface area contributed by atoms with Gasteiger partial charge in [-0.05, 0) is 12.1 Å². The Balaban J connectivity index is 2.56. The Morgan fingerprint density at radius 1 is 1.23 bits per heavy atom. The average molecular weight is 180 g/mol. The number of hydrogen-bond donors (Lipinski definition) is 0. The van der Waals surface area contributed by atoms with Gasteiger partial charge < -0.3 is 4.42 Å². The van der Waals surface area contributed by atoms with Crippen molar-refractivity contribution in [1.82, 2.24) is 0 Å². The minimum atomic E-state index is -1.75. The summed E-state index contributed by atoms with van der Waals surface area (Å²) in [6, 6.07) is 8.76. The fraction of sp³-hybridized carbons (Fsp3) is 0. The Kier molecular flexibility index (Phi) is 1.85. The lowest BCUT2D eigenvalue weighted by atomic mass is 10.2. The molecule has 0 spiro atoms. The zero-order valence-corrected chi connectivity index (χ0v) is 6.63. The molecule has 0 aliphatic rings. The first-order valence-corrected chi connectivity index (χ1v) is 3.77. The van der Waals surface area contributed by atoms with Gasteiger partial charge in [-0.3, -0.25) is 0 Å². The van der Waals surface area contributed by atoms with Crippen molar-refractivity contribution in [3.63, 3.8) is 0 Å². The van der Waals surface area contributed by atoms with E-state index in [1.807, 2.05) is 12.1 Å². The van der Waals surface area contributed by atoms with E-state index >= 15 is 0 Å². The quantitative estimate of drug-likeness (QED) is 0.652. The standard InChI is InChI=1S/C10H6F2O/c11-10(12)6-8-5-7-3-1-2-4-9(7)13-8/h1-6H. The molecule has 0 fully saturated rings. The molecular weight excluding hydrogens is 174 g/mol. The van der Waals surface area contributed by atoms with Crippen LogP contribution in [0.1, 0.15) is 5.76 Å². The molecule has 0 atom stereocenters. The van der Waals surface area contributed by atoms with Crippen molar-refractivity contribution < 1.29 is 13.2 Å². The lowest BCUT2D eigenvalue weighted by molar-refractivity contribution is 0.427. The largest absolute Gasteiger partial charge is 0.457 e. The Bertz CT molecular complexity index is 420. The van der Waals surface area contributed by atoms with E-state index in [-0.39, 0.29) is 5.76 Å². The molecule has 3 heteroatoms. The molecule has 0 aliphatic heterocycles. The maximum atomic E-state index is 11.9. The normalized spacial score (nSPS) is 10.3. The van der Waals surface area contributed by atoms with Crippen LogP contribution in [0.25, 0.3) is 17.0 Å². The maximum Gasteiger partial charge on any atom is 0.274 e. The van der Waals surface area contributed by atoms with Crippen LogP contribution in [0.15, 0.2) is 40.8 Å². The maximum absolute atomic E-state index is 11.9. The molecule has 0 amide bonds. The van der Waals surface area contributed by atoms with Crippen molar-refractivity contribution in [3.8, 4) is 0 Å². The van der Waals surface area contributed by atoms with Gasteiger partial charge in [-0.1, -0.05) is 18.2 Å². The lowest BCUT2D eigenvalue weighted by Gasteiger charge is -1.82. The van der Waals surface area contributed by atoms with Gasteiger partial charge in [0.05, 0.1) is 0 Å². The molecule has 0 aliphatic carbocycles. The summed E-state index contributed by atoms with van der Waals surface area (Å²) in [5.74, 6) is 0.182. The molecule has 0 unspecified atom stereocenters. The smallest absolute Gasteiger partial charge is 0.274 e. The zero-order valence-electron chi connectivity index (χ0n) is 6.63. The third-order valence-electron chi connectivity index (χ3n) is 1.70. The van der Waals surface area contributed by atoms with Crippen LogP contribution in [0.4, 0.5) is 8.78 Å². The van der Waals surface area contributed by atoms with Crippen LogP contribution in [0.2, 0.25) is 0 Å². The molecule has 0 bridgehead atoms. The van der Waals surface area contributed by atoms with Gasteiger partial charge in [0.2, 0.25) is 0 Å². The summed E-state index contributed by atoms with van der Waals surface area (Å²) in [6.07, 6.45) is -1.04. The van der Waals surface area contributed by atoms with E-state index in [0.29, 0.717) is 11.7 Å². The number of hydrogen-bond acceptors (Lipinski definition) is 1. The van der Waals surface area contributed by atoms with Crippen molar-refractivity contribution in [2.45, 2.75) is 0 Å². The minimum Gasteiger partial charge on any atom is -0.457 e. The van der Waals surface area contributed by atoms with E-state index in [4.69, 9.17) is 4.42 Å². The third kappa shape index (κ3) is 1.59. The van der Waals surface area contributed by atoms with E-state index in [9.17, 15) is 8.78 Å². The third-order valence-corrected chi connectivity index (χ3v) is 1.70. The van der Waals surface area contributed by atoms with Gasteiger partial charge in [-0.15, -0.1) is 0 Å². The number of benzene rings is 1. The highest BCUT2D eigenvalue weighted by Crippen LogP contribution is 2.20. The second-order valence-electron chi connectivity index (χ2n) is 2.62. The molecule has 0 N–H and O–H groups in total. The van der Waals surface area contributed by atoms with E-state index in [1.54, 1.807) is 18.2 Å². The number of halogens is 2. The number of para-hydroxylation sites is 1. The Labute approximate surface area is 73.3 Å². The molecule has 13 heavy (non-hydrogen) atoms. The minimum absolute atomic E-state index is 0.182. The summed E-state index contributed by atoms with van der Waals surface area (Å²) in [5.41, 5.74) is 0.620. The van der Waals surface area contributed by atoms with E-state index in [2.05, 4.69) is 0 Å². The highest BCUT2D eigenvalue weighted by Gasteiger charge is 2.01. The van der Waals surface area contributed by atoms with Gasteiger partial charge in [0.1, 0.15) is 11.3 Å². The van der Waals surface area contributed by atoms with Crippen molar-refractivity contribution >= 4 is 17.0 Å². The average Bonchev–Trinajstić information content (AvgIpc) is 2.44. The SMILES string of the molecule is FC(F)=Cc1cc2ccccc2o1. The summed E-state index contributed by atoms with van der Waals surface area (Å²) in [4.78, 5) is 0. The monoisotopic (exact) mass is 180 g/mol. The van der Waals surface area contributed by atoms with Crippen LogP contribution < -0.4 is 0 Å². The molecule has 66 valence electrons. The number of fused-ring (bicyclic) bond motifs is 1. The van der Waals surface area contributed by atoms with Gasteiger partial charge in [0, 0.05) is 11.5 Å². The highest BCUT2D eigenvalue weighted by molar-refractivity contribution is 5.79. The van der Waals surface area contributed by atoms with Crippen molar-refractivity contribution in [2.24, 2.45) is 0 Å². The van der Waals surface area contributed by atoms with Crippen LogP contribution in [-0.4, -0.2) is 0 Å². The van der Waals surface area contributed by atoms with Crippen molar-refractivity contribution in [3.05, 3.63) is 42.2 Å². The van der Waals surface area contributed by atoms with E-state index in [0.717, 1.165) is 5.39 Å². The van der Waals surface area contributed by atoms with Crippen molar-refractivity contribution in [1.29, 1.82) is 0 Å². The summed E-state index contributed by atoms with van der Waals surface area (Å²) < 4.78 is 28.8. The fourth-order valence-corrected chi connectivity index (χ4v) is 1.18. The van der Waals surface area contributed by atoms with Gasteiger partial charge in [0.15, 0.2) is 0 Å². The van der Waals surface area contributed by atoms with Crippen LogP contribution >= 0.6 is 0 Å². The molecule has 1 heterocycles. The molecule has 2 rings (SSSR count). The zero-order chi connectivity index (χ0) is 9.26. The van der Waals surface area contributed by atoms with E-state index in [1.165, 1.54) is 0 Å². The van der Waals surface area contributed by atoms with Crippen LogP contribution in [0.5, 0.6) is 0 Å². The molecule has 1 nitrogen and oxygen atoms in total. The molecule has 0 saturated carbocycles. The number of rotatable bonds is 1. The highest BCUT2D eigenvalue weighted by atomic mass is 19.3. The summed E-state index contributed by atoms with van der Waals surface area (Å²) >= 11 is 0. The fourth-order valence-electron chi connectivity index (χ4n) is 1.18. The van der Waals surface area contributed by atoms with Gasteiger partial charge in [-0.25, -0.2) is 0 Å². The second-order valence-corrected chi connectivity index (χ2v) is 2.62. The first-order chi connectivity index (χ1) is 6.25. The molecule has 2 aromatic rings. The molecule has 0 saturated heterocycles. The lowest BCUT2D eigenvalue weighted by Crippen LogP contribution is -1.60. The van der Waals surface area contributed by atoms with Gasteiger partial charge in [0.25, 0.3) is 6.08 Å². The summed E-state index contributed by atoms with van der Waals surface area (Å²) in [7, 11) is 0.